The molecule has 10 heteroatoms. The van der Waals surface area contributed by atoms with Gasteiger partial charge in [-0.2, -0.15) is 13.5 Å². The highest BCUT2D eigenvalue weighted by atomic mass is 19.3. The maximum absolute atomic E-state index is 12.2. The van der Waals surface area contributed by atoms with Crippen LogP contribution in [0.1, 0.15) is 10.4 Å². The van der Waals surface area contributed by atoms with Gasteiger partial charge >= 0.3 is 12.6 Å². The number of halogens is 2. The Bertz CT molecular complexity index is 674. The minimum absolute atomic E-state index is 0.0732. The van der Waals surface area contributed by atoms with Crippen LogP contribution in [0.2, 0.25) is 0 Å². The van der Waals surface area contributed by atoms with Gasteiger partial charge in [0.2, 0.25) is 6.33 Å². The molecule has 1 heterocycles. The summed E-state index contributed by atoms with van der Waals surface area (Å²) in [5.74, 6) is -1.52. The molecular formula is C11H8F2N4O4. The Morgan fingerprint density at radius 1 is 1.43 bits per heavy atom. The summed E-state index contributed by atoms with van der Waals surface area (Å²) in [6, 6.07) is 5.46. The fourth-order valence-electron chi connectivity index (χ4n) is 1.57. The molecule has 1 aromatic heterocycles. The van der Waals surface area contributed by atoms with E-state index in [9.17, 15) is 23.7 Å². The molecule has 2 aromatic rings. The van der Waals surface area contributed by atoms with Crippen molar-refractivity contribution in [1.82, 2.24) is 14.8 Å². The van der Waals surface area contributed by atoms with E-state index in [-0.39, 0.29) is 17.9 Å². The molecule has 0 bridgehead atoms. The monoisotopic (exact) mass is 298 g/mol. The molecule has 0 aliphatic rings. The van der Waals surface area contributed by atoms with Crippen LogP contribution in [0.15, 0.2) is 30.6 Å². The van der Waals surface area contributed by atoms with Crippen LogP contribution < -0.4 is 4.74 Å². The van der Waals surface area contributed by atoms with Crippen molar-refractivity contribution in [3.8, 4) is 5.75 Å². The highest BCUT2D eigenvalue weighted by Gasteiger charge is 2.19. The number of carbonyl (C=O) groups is 1. The number of nitro groups is 1. The minimum Gasteiger partial charge on any atom is -0.434 e. The van der Waals surface area contributed by atoms with E-state index < -0.39 is 23.3 Å². The number of ketones is 1. The van der Waals surface area contributed by atoms with Crippen LogP contribution >= 0.6 is 0 Å². The molecular weight excluding hydrogens is 290 g/mol. The van der Waals surface area contributed by atoms with Crippen LogP contribution in [-0.2, 0) is 6.54 Å². The number of hydrogen-bond donors (Lipinski definition) is 0. The molecule has 0 aliphatic carbocycles. The smallest absolute Gasteiger partial charge is 0.434 e. The number of nitrogens with zero attached hydrogens (tertiary/aromatic N) is 4. The van der Waals surface area contributed by atoms with E-state index in [1.54, 1.807) is 0 Å². The molecule has 0 radical (unpaired) electrons. The third-order valence-electron chi connectivity index (χ3n) is 2.40. The lowest BCUT2D eigenvalue weighted by atomic mass is 10.1. The minimum atomic E-state index is -3.06. The SMILES string of the molecule is O=C(Cn1cnc([N+](=O)[O-])n1)c1ccccc1OC(F)F. The van der Waals surface area contributed by atoms with E-state index in [1.807, 2.05) is 0 Å². The van der Waals surface area contributed by atoms with Gasteiger partial charge in [0.25, 0.3) is 0 Å². The number of rotatable bonds is 6. The van der Waals surface area contributed by atoms with Crippen molar-refractivity contribution in [2.24, 2.45) is 0 Å². The summed E-state index contributed by atoms with van der Waals surface area (Å²) >= 11 is 0. The van der Waals surface area contributed by atoms with Gasteiger partial charge in [-0.1, -0.05) is 17.1 Å². The average molecular weight is 298 g/mol. The number of alkyl halides is 2. The summed E-state index contributed by atoms with van der Waals surface area (Å²) < 4.78 is 29.7. The molecule has 0 saturated heterocycles. The molecule has 0 N–H and O–H groups in total. The van der Waals surface area contributed by atoms with Crippen molar-refractivity contribution in [1.29, 1.82) is 0 Å². The molecule has 0 fully saturated rings. The summed E-state index contributed by atoms with van der Waals surface area (Å²) in [5.41, 5.74) is -0.0732. The molecule has 0 saturated carbocycles. The normalized spacial score (nSPS) is 10.6. The zero-order valence-electron chi connectivity index (χ0n) is 10.3. The average Bonchev–Trinajstić information content (AvgIpc) is 2.87. The Balaban J connectivity index is 2.18. The number of benzene rings is 1. The second kappa shape index (κ2) is 6.03. The van der Waals surface area contributed by atoms with E-state index in [1.165, 1.54) is 24.3 Å². The molecule has 110 valence electrons. The lowest BCUT2D eigenvalue weighted by Crippen LogP contribution is -2.14. The van der Waals surface area contributed by atoms with Crippen LogP contribution in [0.25, 0.3) is 0 Å². The molecule has 0 amide bonds. The van der Waals surface area contributed by atoms with Gasteiger partial charge < -0.3 is 14.9 Å². The van der Waals surface area contributed by atoms with Gasteiger partial charge in [0.1, 0.15) is 12.3 Å². The number of carbonyl (C=O) groups excluding carboxylic acids is 1. The summed E-state index contributed by atoms with van der Waals surface area (Å²) in [6.07, 6.45) is 1.01. The summed E-state index contributed by atoms with van der Waals surface area (Å²) in [7, 11) is 0. The molecule has 2 rings (SSSR count). The van der Waals surface area contributed by atoms with Crippen molar-refractivity contribution in [3.63, 3.8) is 0 Å². The van der Waals surface area contributed by atoms with Gasteiger partial charge in [0.15, 0.2) is 5.78 Å². The first kappa shape index (κ1) is 14.5. The summed E-state index contributed by atoms with van der Waals surface area (Å²) in [4.78, 5) is 25.0. The standard InChI is InChI=1S/C11H8F2N4O4/c12-10(13)21-9-4-2-1-3-7(9)8(18)5-16-6-14-11(15-16)17(19)20/h1-4,6,10H,5H2. The molecule has 8 nitrogen and oxygen atoms in total. The quantitative estimate of drug-likeness (QED) is 0.457. The van der Waals surface area contributed by atoms with E-state index in [2.05, 4.69) is 14.8 Å². The Morgan fingerprint density at radius 2 is 2.14 bits per heavy atom. The largest absolute Gasteiger partial charge is 0.490 e. The summed E-state index contributed by atoms with van der Waals surface area (Å²) in [5, 5.41) is 13.9. The second-order valence-corrected chi connectivity index (χ2v) is 3.80. The van der Waals surface area contributed by atoms with E-state index in [0.29, 0.717) is 0 Å². The Kier molecular flexibility index (Phi) is 4.16. The predicted octanol–water partition coefficient (Wildman–Crippen LogP) is 1.67. The van der Waals surface area contributed by atoms with Gasteiger partial charge in [-0.05, 0) is 17.1 Å². The zero-order chi connectivity index (χ0) is 15.4. The van der Waals surface area contributed by atoms with Crippen LogP contribution in [0.5, 0.6) is 5.75 Å². The van der Waals surface area contributed by atoms with Crippen molar-refractivity contribution in [3.05, 3.63) is 46.3 Å². The molecule has 0 aliphatic heterocycles. The third-order valence-corrected chi connectivity index (χ3v) is 2.40. The molecule has 21 heavy (non-hydrogen) atoms. The number of ether oxygens (including phenoxy) is 1. The number of para-hydroxylation sites is 1. The predicted molar refractivity (Wildman–Crippen MR) is 64.1 cm³/mol. The first-order valence-electron chi connectivity index (χ1n) is 5.58. The first-order chi connectivity index (χ1) is 9.97. The Labute approximate surface area is 116 Å². The van der Waals surface area contributed by atoms with Crippen LogP contribution in [0, 0.1) is 10.1 Å². The van der Waals surface area contributed by atoms with Gasteiger partial charge in [-0.25, -0.2) is 0 Å². The van der Waals surface area contributed by atoms with Crippen molar-refractivity contribution in [2.45, 2.75) is 13.2 Å². The number of hydrogen-bond acceptors (Lipinski definition) is 6. The fourth-order valence-corrected chi connectivity index (χ4v) is 1.57. The van der Waals surface area contributed by atoms with Crippen molar-refractivity contribution in [2.75, 3.05) is 0 Å². The highest BCUT2D eigenvalue weighted by Crippen LogP contribution is 2.21. The first-order valence-corrected chi connectivity index (χ1v) is 5.58. The van der Waals surface area contributed by atoms with Gasteiger partial charge in [0, 0.05) is 5.10 Å². The van der Waals surface area contributed by atoms with Crippen molar-refractivity contribution >= 4 is 11.7 Å². The number of aromatic nitrogens is 3. The van der Waals surface area contributed by atoms with E-state index in [4.69, 9.17) is 0 Å². The van der Waals surface area contributed by atoms with Gasteiger partial charge in [0.05, 0.1) is 5.56 Å². The number of Topliss-reactive ketones (excluding diaryl/α,β-unsaturated/α-hetero) is 1. The maximum atomic E-state index is 12.2. The van der Waals surface area contributed by atoms with Gasteiger partial charge in [-0.15, -0.1) is 0 Å². The molecule has 0 atom stereocenters. The van der Waals surface area contributed by atoms with Crippen LogP contribution in [-0.4, -0.2) is 32.1 Å². The van der Waals surface area contributed by atoms with Crippen molar-refractivity contribution < 1.29 is 23.2 Å². The fraction of sp³-hybridized carbons (Fsp3) is 0.182. The maximum Gasteiger partial charge on any atom is 0.490 e. The lowest BCUT2D eigenvalue weighted by Gasteiger charge is -2.08. The third kappa shape index (κ3) is 3.55. The topological polar surface area (TPSA) is 100 Å². The van der Waals surface area contributed by atoms with Crippen LogP contribution in [0.4, 0.5) is 14.7 Å². The molecule has 0 spiro atoms. The highest BCUT2D eigenvalue weighted by molar-refractivity contribution is 5.98. The Hall–Kier alpha value is -2.91. The summed E-state index contributed by atoms with van der Waals surface area (Å²) in [6.45, 7) is -3.45. The van der Waals surface area contributed by atoms with Crippen LogP contribution in [0.3, 0.4) is 0 Å². The van der Waals surface area contributed by atoms with E-state index in [0.717, 1.165) is 11.0 Å². The van der Waals surface area contributed by atoms with E-state index >= 15 is 0 Å². The lowest BCUT2D eigenvalue weighted by molar-refractivity contribution is -0.394. The zero-order valence-corrected chi connectivity index (χ0v) is 10.3. The second-order valence-electron chi connectivity index (χ2n) is 3.80. The molecule has 0 unspecified atom stereocenters. The van der Waals surface area contributed by atoms with Gasteiger partial charge in [-0.3, -0.25) is 4.79 Å². The molecule has 1 aromatic carbocycles. The Morgan fingerprint density at radius 3 is 2.76 bits per heavy atom.